The van der Waals surface area contributed by atoms with Crippen LogP contribution in [0.3, 0.4) is 0 Å². The molecule has 294 valence electrons. The zero-order valence-corrected chi connectivity index (χ0v) is 29.5. The summed E-state index contributed by atoms with van der Waals surface area (Å²) < 4.78 is 57.3. The predicted octanol–water partition coefficient (Wildman–Crippen LogP) is 0.865. The molecular weight excluding hydrogens is 728 g/mol. The summed E-state index contributed by atoms with van der Waals surface area (Å²) in [4.78, 5) is 39.4. The molecule has 3 aromatic rings. The number of aliphatic hydroxyl groups excluding tert-OH is 4. The van der Waals surface area contributed by atoms with Crippen molar-refractivity contribution in [3.63, 3.8) is 0 Å². The van der Waals surface area contributed by atoms with E-state index >= 15 is 0 Å². The van der Waals surface area contributed by atoms with Crippen LogP contribution in [0.4, 0.5) is 0 Å². The van der Waals surface area contributed by atoms with E-state index in [1.165, 1.54) is 31.4 Å². The number of hydrogen-bond donors (Lipinski definition) is 4. The summed E-state index contributed by atoms with van der Waals surface area (Å²) in [5.74, 6) is -2.29. The Balaban J connectivity index is 1.32. The van der Waals surface area contributed by atoms with E-state index in [1.807, 2.05) is 0 Å². The van der Waals surface area contributed by atoms with E-state index in [2.05, 4.69) is 4.74 Å². The molecule has 3 aliphatic rings. The second kappa shape index (κ2) is 18.0. The molecule has 0 spiro atoms. The van der Waals surface area contributed by atoms with E-state index in [0.717, 1.165) is 13.2 Å². The van der Waals surface area contributed by atoms with Crippen LogP contribution >= 0.6 is 0 Å². The molecule has 3 aliphatic heterocycles. The summed E-state index contributed by atoms with van der Waals surface area (Å²) in [6, 6.07) is 22.5. The molecule has 0 radical (unpaired) electrons. The highest BCUT2D eigenvalue weighted by Gasteiger charge is 2.52. The molecule has 3 heterocycles. The summed E-state index contributed by atoms with van der Waals surface area (Å²) in [5, 5.41) is 42.7. The molecule has 4 N–H and O–H groups in total. The third kappa shape index (κ3) is 9.41. The highest BCUT2D eigenvalue weighted by atomic mass is 16.8. The maximum absolute atomic E-state index is 13.6. The Bertz CT molecular complexity index is 1770. The molecule has 6 rings (SSSR count). The number of esters is 3. The quantitative estimate of drug-likeness (QED) is 0.148. The summed E-state index contributed by atoms with van der Waals surface area (Å²) in [7, 11) is 2.57. The number of rotatable bonds is 12. The maximum Gasteiger partial charge on any atom is 0.373 e. The first-order valence-electron chi connectivity index (χ1n) is 17.1. The highest BCUT2D eigenvalue weighted by Crippen LogP contribution is 2.33. The van der Waals surface area contributed by atoms with E-state index in [1.54, 1.807) is 60.7 Å². The Hall–Kier alpha value is -5.11. The van der Waals surface area contributed by atoms with Gasteiger partial charge in [-0.2, -0.15) is 0 Å². The normalized spacial score (nSPS) is 30.5. The Morgan fingerprint density at radius 1 is 0.618 bits per heavy atom. The molecule has 0 unspecified atom stereocenters. The van der Waals surface area contributed by atoms with Gasteiger partial charge in [-0.3, -0.25) is 0 Å². The number of ether oxygens (including phenoxy) is 10. The van der Waals surface area contributed by atoms with Crippen LogP contribution in [-0.4, -0.2) is 133 Å². The summed E-state index contributed by atoms with van der Waals surface area (Å²) in [6.45, 7) is -0.845. The SMILES string of the molecule is COC(=O)C1=C[C@H](O)[C@@H](O)[C@@H](O[C@H]2[C@H](O[C@@H]3CO[C@@H](Oc4ccc(OC)cc4)[C@H](OC(=O)c4ccccc4)[C@H]3OC(=O)c3ccccc3)OC[C@@H](O)[C@@H]2O)O1. The van der Waals surface area contributed by atoms with Crippen molar-refractivity contribution < 1.29 is 82.2 Å². The van der Waals surface area contributed by atoms with Gasteiger partial charge in [0.05, 0.1) is 38.6 Å². The van der Waals surface area contributed by atoms with E-state index in [-0.39, 0.29) is 23.5 Å². The molecule has 17 heteroatoms. The van der Waals surface area contributed by atoms with Crippen molar-refractivity contribution >= 4 is 17.9 Å². The zero-order valence-electron chi connectivity index (χ0n) is 29.5. The van der Waals surface area contributed by atoms with Gasteiger partial charge < -0.3 is 67.8 Å². The van der Waals surface area contributed by atoms with Crippen molar-refractivity contribution in [3.8, 4) is 11.5 Å². The van der Waals surface area contributed by atoms with E-state index in [4.69, 9.17) is 42.6 Å². The smallest absolute Gasteiger partial charge is 0.373 e. The van der Waals surface area contributed by atoms with E-state index in [0.29, 0.717) is 5.75 Å². The van der Waals surface area contributed by atoms with Gasteiger partial charge in [0.1, 0.15) is 48.1 Å². The second-order valence-corrected chi connectivity index (χ2v) is 12.5. The number of hydrogen-bond acceptors (Lipinski definition) is 17. The highest BCUT2D eigenvalue weighted by molar-refractivity contribution is 5.90. The minimum Gasteiger partial charge on any atom is -0.497 e. The molecule has 17 nitrogen and oxygen atoms in total. The molecule has 2 saturated heterocycles. The first-order valence-corrected chi connectivity index (χ1v) is 17.1. The minimum absolute atomic E-state index is 0.152. The minimum atomic E-state index is -1.80. The van der Waals surface area contributed by atoms with Gasteiger partial charge >= 0.3 is 17.9 Å². The largest absolute Gasteiger partial charge is 0.497 e. The number of carbonyl (C=O) groups excluding carboxylic acids is 3. The van der Waals surface area contributed by atoms with Crippen LogP contribution in [0.5, 0.6) is 11.5 Å². The number of carbonyl (C=O) groups is 3. The fraction of sp³-hybridized carbons (Fsp3) is 0.395. The molecule has 0 aliphatic carbocycles. The standard InChI is InChI=1S/C38H40O17/c1-46-22-13-15-23(16-14-22)50-38-32(54-34(44)21-11-7-4-8-12-21)30(53-33(43)20-9-5-3-6-10-20)27(19-49-38)52-37-31(28(41)25(40)18-48-37)55-36-29(42)24(39)17-26(51-36)35(45)47-2/h3-17,24-25,27-32,36-42H,18-19H2,1-2H3/t24-,25+,27+,28-,29+,30-,31+,32+,36+,37-,38-/m0/s1. The van der Waals surface area contributed by atoms with Gasteiger partial charge in [-0.25, -0.2) is 14.4 Å². The van der Waals surface area contributed by atoms with Crippen molar-refractivity contribution in [1.29, 1.82) is 0 Å². The molecule has 3 aromatic carbocycles. The lowest BCUT2D eigenvalue weighted by Gasteiger charge is -2.45. The lowest BCUT2D eigenvalue weighted by atomic mass is 10.0. The second-order valence-electron chi connectivity index (χ2n) is 12.5. The summed E-state index contributed by atoms with van der Waals surface area (Å²) in [5.41, 5.74) is 0.315. The monoisotopic (exact) mass is 768 g/mol. The fourth-order valence-corrected chi connectivity index (χ4v) is 5.88. The van der Waals surface area contributed by atoms with Gasteiger partial charge in [-0.1, -0.05) is 36.4 Å². The van der Waals surface area contributed by atoms with Crippen LogP contribution in [0.15, 0.2) is 96.8 Å². The van der Waals surface area contributed by atoms with Crippen molar-refractivity contribution in [2.24, 2.45) is 0 Å². The first-order chi connectivity index (χ1) is 26.6. The molecule has 0 bridgehead atoms. The Kier molecular flexibility index (Phi) is 13.0. The van der Waals surface area contributed by atoms with E-state index < -0.39 is 98.0 Å². The molecule has 0 aromatic heterocycles. The van der Waals surface area contributed by atoms with Crippen molar-refractivity contribution in [3.05, 3.63) is 108 Å². The van der Waals surface area contributed by atoms with Gasteiger partial charge in [-0.15, -0.1) is 0 Å². The Morgan fingerprint density at radius 2 is 1.20 bits per heavy atom. The predicted molar refractivity (Wildman–Crippen MR) is 183 cm³/mol. The van der Waals surface area contributed by atoms with Gasteiger partial charge in [0.15, 0.2) is 12.4 Å². The van der Waals surface area contributed by atoms with Crippen LogP contribution in [0.2, 0.25) is 0 Å². The molecule has 11 atom stereocenters. The number of methoxy groups -OCH3 is 2. The number of benzene rings is 3. The average Bonchev–Trinajstić information content (AvgIpc) is 3.21. The van der Waals surface area contributed by atoms with Crippen LogP contribution in [0, 0.1) is 0 Å². The van der Waals surface area contributed by atoms with Crippen LogP contribution < -0.4 is 9.47 Å². The zero-order chi connectivity index (χ0) is 39.1. The first kappa shape index (κ1) is 39.6. The Morgan fingerprint density at radius 3 is 1.80 bits per heavy atom. The third-order valence-corrected chi connectivity index (χ3v) is 8.81. The average molecular weight is 769 g/mol. The maximum atomic E-state index is 13.6. The third-order valence-electron chi connectivity index (χ3n) is 8.81. The molecule has 2 fully saturated rings. The molecular formula is C38H40O17. The summed E-state index contributed by atoms with van der Waals surface area (Å²) >= 11 is 0. The van der Waals surface area contributed by atoms with Crippen LogP contribution in [0.1, 0.15) is 20.7 Å². The van der Waals surface area contributed by atoms with Gasteiger partial charge in [0.25, 0.3) is 0 Å². The molecule has 0 saturated carbocycles. The summed E-state index contributed by atoms with van der Waals surface area (Å²) in [6.07, 6.45) is -16.6. The van der Waals surface area contributed by atoms with Crippen molar-refractivity contribution in [1.82, 2.24) is 0 Å². The van der Waals surface area contributed by atoms with Gasteiger partial charge in [0.2, 0.25) is 24.4 Å². The molecule has 0 amide bonds. The number of aliphatic hydroxyl groups is 4. The lowest BCUT2D eigenvalue weighted by Crippen LogP contribution is -2.63. The fourth-order valence-electron chi connectivity index (χ4n) is 5.88. The van der Waals surface area contributed by atoms with Crippen LogP contribution in [-0.2, 0) is 42.7 Å². The van der Waals surface area contributed by atoms with Crippen molar-refractivity contribution in [2.45, 2.75) is 67.7 Å². The van der Waals surface area contributed by atoms with Crippen LogP contribution in [0.25, 0.3) is 0 Å². The van der Waals surface area contributed by atoms with Crippen molar-refractivity contribution in [2.75, 3.05) is 27.4 Å². The molecule has 55 heavy (non-hydrogen) atoms. The van der Waals surface area contributed by atoms with E-state index in [9.17, 15) is 34.8 Å². The van der Waals surface area contributed by atoms with Gasteiger partial charge in [-0.05, 0) is 54.6 Å². The van der Waals surface area contributed by atoms with Gasteiger partial charge in [0, 0.05) is 0 Å². The lowest BCUT2D eigenvalue weighted by molar-refractivity contribution is -0.348. The Labute approximate surface area is 314 Å². The topological polar surface area (TPSA) is 224 Å².